The number of aromatic nitrogens is 1. The van der Waals surface area contributed by atoms with Crippen LogP contribution in [0, 0.1) is 0 Å². The number of amides is 1. The zero-order valence-electron chi connectivity index (χ0n) is 18.0. The second-order valence-corrected chi connectivity index (χ2v) is 9.25. The molecule has 2 aliphatic heterocycles. The molecular weight excluding hydrogens is 440 g/mol. The van der Waals surface area contributed by atoms with Crippen LogP contribution in [-0.4, -0.2) is 41.2 Å². The van der Waals surface area contributed by atoms with Crippen LogP contribution in [-0.2, 0) is 4.79 Å². The molecule has 1 fully saturated rings. The van der Waals surface area contributed by atoms with E-state index in [1.165, 1.54) is 11.8 Å². The first-order valence-electron chi connectivity index (χ1n) is 10.4. The number of anilines is 1. The number of pyridine rings is 1. The summed E-state index contributed by atoms with van der Waals surface area (Å²) in [6.45, 7) is 5.39. The molecule has 1 saturated heterocycles. The Hall–Kier alpha value is -2.97. The van der Waals surface area contributed by atoms with E-state index < -0.39 is 0 Å². The second-order valence-electron chi connectivity index (χ2n) is 7.24. The molecule has 162 valence electrons. The molecular formula is C24H22N4O2S2. The smallest absolute Gasteiger partial charge is 0.269 e. The number of ether oxygens (including phenoxy) is 1. The number of carbonyl (C=O) groups is 1. The van der Waals surface area contributed by atoms with Crippen molar-refractivity contribution in [3.05, 3.63) is 64.7 Å². The number of carbonyl (C=O) groups excluding carboxylic acids is 1. The molecule has 0 bridgehead atoms. The fourth-order valence-electron chi connectivity index (χ4n) is 3.81. The Kier molecular flexibility index (Phi) is 5.57. The van der Waals surface area contributed by atoms with Crippen LogP contribution in [0.25, 0.3) is 10.9 Å². The predicted octanol–water partition coefficient (Wildman–Crippen LogP) is 5.63. The maximum absolute atomic E-state index is 13.4. The number of methoxy groups -OCH3 is 1. The molecule has 0 unspecified atom stereocenters. The molecule has 2 aromatic carbocycles. The van der Waals surface area contributed by atoms with Crippen LogP contribution in [0.5, 0.6) is 5.75 Å². The van der Waals surface area contributed by atoms with Gasteiger partial charge in [-0.05, 0) is 62.0 Å². The Balaban J connectivity index is 1.54. The first-order valence-corrected chi connectivity index (χ1v) is 12.1. The molecule has 5 rings (SSSR count). The summed E-state index contributed by atoms with van der Waals surface area (Å²) < 4.78 is 5.41. The van der Waals surface area contributed by atoms with E-state index in [-0.39, 0.29) is 5.91 Å². The lowest BCUT2D eigenvalue weighted by Crippen LogP contribution is -2.29. The lowest BCUT2D eigenvalue weighted by atomic mass is 10.2. The molecule has 1 aromatic heterocycles. The van der Waals surface area contributed by atoms with E-state index in [0.29, 0.717) is 11.7 Å². The van der Waals surface area contributed by atoms with Gasteiger partial charge in [0.1, 0.15) is 15.7 Å². The standard InChI is InChI=1S/C24H22N4O2S2/c1-4-27-19-14-17(30-3)9-11-20(19)31-23(27)21-22(29)28(5-2)24(32-21)26-16-8-10-18-15(13-16)7-6-12-25-18/h6-14H,4-5H2,1-3H3/b23-21-,26-24?. The van der Waals surface area contributed by atoms with Gasteiger partial charge in [0.15, 0.2) is 5.17 Å². The third kappa shape index (κ3) is 3.53. The topological polar surface area (TPSA) is 58.0 Å². The van der Waals surface area contributed by atoms with Crippen LogP contribution in [0.3, 0.4) is 0 Å². The van der Waals surface area contributed by atoms with Gasteiger partial charge in [-0.2, -0.15) is 0 Å². The number of nitrogens with zero attached hydrogens (tertiary/aromatic N) is 4. The normalized spacial score (nSPS) is 19.3. The fourth-order valence-corrected chi connectivity index (χ4v) is 6.25. The van der Waals surface area contributed by atoms with Gasteiger partial charge in [-0.3, -0.25) is 14.7 Å². The summed E-state index contributed by atoms with van der Waals surface area (Å²) in [6, 6.07) is 15.9. The molecule has 0 radical (unpaired) electrons. The van der Waals surface area contributed by atoms with Gasteiger partial charge in [0, 0.05) is 35.6 Å². The molecule has 0 N–H and O–H groups in total. The zero-order chi connectivity index (χ0) is 22.2. The number of hydrogen-bond acceptors (Lipinski definition) is 7. The number of hydrogen-bond donors (Lipinski definition) is 0. The van der Waals surface area contributed by atoms with Crippen molar-refractivity contribution >= 4 is 56.9 Å². The minimum Gasteiger partial charge on any atom is -0.497 e. The molecule has 3 heterocycles. The van der Waals surface area contributed by atoms with Gasteiger partial charge in [0.2, 0.25) is 0 Å². The number of likely N-dealkylation sites (N-methyl/N-ethyl adjacent to an activating group) is 1. The second kappa shape index (κ2) is 8.52. The lowest BCUT2D eigenvalue weighted by Gasteiger charge is -2.19. The molecule has 0 spiro atoms. The highest BCUT2D eigenvalue weighted by Gasteiger charge is 2.39. The van der Waals surface area contributed by atoms with E-state index in [1.54, 1.807) is 30.0 Å². The van der Waals surface area contributed by atoms with Gasteiger partial charge in [-0.25, -0.2) is 4.99 Å². The number of amidine groups is 1. The highest BCUT2D eigenvalue weighted by atomic mass is 32.2. The number of benzene rings is 2. The molecule has 1 amide bonds. The molecule has 0 aliphatic carbocycles. The maximum atomic E-state index is 13.4. The molecule has 0 atom stereocenters. The fraction of sp³-hybridized carbons (Fsp3) is 0.208. The van der Waals surface area contributed by atoms with Crippen LogP contribution < -0.4 is 9.64 Å². The molecule has 8 heteroatoms. The Bertz CT molecular complexity index is 1290. The summed E-state index contributed by atoms with van der Waals surface area (Å²) >= 11 is 3.08. The van der Waals surface area contributed by atoms with Crippen LogP contribution in [0.2, 0.25) is 0 Å². The van der Waals surface area contributed by atoms with Crippen molar-refractivity contribution in [2.24, 2.45) is 4.99 Å². The first-order chi connectivity index (χ1) is 15.6. The van der Waals surface area contributed by atoms with Crippen molar-refractivity contribution in [1.29, 1.82) is 0 Å². The summed E-state index contributed by atoms with van der Waals surface area (Å²) in [5.41, 5.74) is 2.81. The maximum Gasteiger partial charge on any atom is 0.269 e. The van der Waals surface area contributed by atoms with E-state index in [0.717, 1.165) is 49.4 Å². The molecule has 0 saturated carbocycles. The van der Waals surface area contributed by atoms with Gasteiger partial charge in [0.05, 0.1) is 24.0 Å². The first kappa shape index (κ1) is 20.9. The third-order valence-corrected chi connectivity index (χ3v) is 7.79. The molecule has 6 nitrogen and oxygen atoms in total. The van der Waals surface area contributed by atoms with Crippen molar-refractivity contribution < 1.29 is 9.53 Å². The van der Waals surface area contributed by atoms with Gasteiger partial charge in [-0.15, -0.1) is 0 Å². The molecule has 32 heavy (non-hydrogen) atoms. The van der Waals surface area contributed by atoms with E-state index >= 15 is 0 Å². The van der Waals surface area contributed by atoms with Gasteiger partial charge >= 0.3 is 0 Å². The quantitative estimate of drug-likeness (QED) is 0.469. The van der Waals surface area contributed by atoms with E-state index in [9.17, 15) is 4.79 Å². The van der Waals surface area contributed by atoms with E-state index in [1.807, 2.05) is 49.4 Å². The van der Waals surface area contributed by atoms with Crippen molar-refractivity contribution in [2.45, 2.75) is 18.7 Å². The summed E-state index contributed by atoms with van der Waals surface area (Å²) in [4.78, 5) is 28.3. The Morgan fingerprint density at radius 3 is 2.66 bits per heavy atom. The monoisotopic (exact) mass is 462 g/mol. The average molecular weight is 463 g/mol. The largest absolute Gasteiger partial charge is 0.497 e. The van der Waals surface area contributed by atoms with Crippen molar-refractivity contribution in [1.82, 2.24) is 9.88 Å². The lowest BCUT2D eigenvalue weighted by molar-refractivity contribution is -0.122. The zero-order valence-corrected chi connectivity index (χ0v) is 19.7. The highest BCUT2D eigenvalue weighted by molar-refractivity contribution is 8.19. The minimum absolute atomic E-state index is 0.000531. The van der Waals surface area contributed by atoms with Gasteiger partial charge in [-0.1, -0.05) is 17.8 Å². The highest BCUT2D eigenvalue weighted by Crippen LogP contribution is 2.51. The molecule has 3 aromatic rings. The van der Waals surface area contributed by atoms with Crippen LogP contribution in [0.15, 0.2) is 74.5 Å². The van der Waals surface area contributed by atoms with Crippen LogP contribution in [0.1, 0.15) is 13.8 Å². The summed E-state index contributed by atoms with van der Waals surface area (Å²) in [7, 11) is 1.67. The minimum atomic E-state index is -0.000531. The van der Waals surface area contributed by atoms with Crippen LogP contribution >= 0.6 is 23.5 Å². The summed E-state index contributed by atoms with van der Waals surface area (Å²) in [6.07, 6.45) is 1.78. The van der Waals surface area contributed by atoms with Crippen molar-refractivity contribution in [3.8, 4) is 5.75 Å². The number of rotatable bonds is 4. The van der Waals surface area contributed by atoms with E-state index in [4.69, 9.17) is 9.73 Å². The van der Waals surface area contributed by atoms with Crippen molar-refractivity contribution in [3.63, 3.8) is 0 Å². The predicted molar refractivity (Wildman–Crippen MR) is 133 cm³/mol. The SMILES string of the molecule is CCN1C(=O)/C(=C2/Sc3ccc(OC)cc3N2CC)SC1=Nc1ccc2ncccc2c1. The number of aliphatic imine (C=N–C) groups is 1. The molecule has 2 aliphatic rings. The average Bonchev–Trinajstić information content (AvgIpc) is 3.34. The number of fused-ring (bicyclic) bond motifs is 2. The third-order valence-electron chi connectivity index (χ3n) is 5.41. The summed E-state index contributed by atoms with van der Waals surface area (Å²) in [5.74, 6) is 0.808. The Morgan fingerprint density at radius 2 is 1.88 bits per heavy atom. The Morgan fingerprint density at radius 1 is 1.03 bits per heavy atom. The van der Waals surface area contributed by atoms with Gasteiger partial charge in [0.25, 0.3) is 5.91 Å². The van der Waals surface area contributed by atoms with Crippen molar-refractivity contribution in [2.75, 3.05) is 25.1 Å². The van der Waals surface area contributed by atoms with Crippen LogP contribution in [0.4, 0.5) is 11.4 Å². The number of thioether (sulfide) groups is 2. The van der Waals surface area contributed by atoms with E-state index in [2.05, 4.69) is 22.9 Å². The Labute approximate surface area is 195 Å². The summed E-state index contributed by atoms with van der Waals surface area (Å²) in [5, 5.41) is 2.68. The van der Waals surface area contributed by atoms with Gasteiger partial charge < -0.3 is 9.64 Å².